The highest BCUT2D eigenvalue weighted by molar-refractivity contribution is 14.1. The minimum absolute atomic E-state index is 0.171. The van der Waals surface area contributed by atoms with Crippen molar-refractivity contribution in [2.75, 3.05) is 4.90 Å². The van der Waals surface area contributed by atoms with Crippen molar-refractivity contribution in [2.24, 2.45) is 11.8 Å². The Labute approximate surface area is 194 Å². The van der Waals surface area contributed by atoms with Crippen LogP contribution in [0.1, 0.15) is 35.1 Å². The summed E-state index contributed by atoms with van der Waals surface area (Å²) in [7, 11) is 0. The maximum Gasteiger partial charge on any atom is 0.239 e. The quantitative estimate of drug-likeness (QED) is 0.406. The Morgan fingerprint density at radius 1 is 0.871 bits per heavy atom. The van der Waals surface area contributed by atoms with Gasteiger partial charge in [-0.05, 0) is 76.0 Å². The van der Waals surface area contributed by atoms with E-state index >= 15 is 0 Å². The third-order valence-corrected chi connectivity index (χ3v) is 8.15. The van der Waals surface area contributed by atoms with Crippen molar-refractivity contribution in [1.82, 2.24) is 0 Å². The Morgan fingerprint density at radius 2 is 1.42 bits per heavy atom. The van der Waals surface area contributed by atoms with Crippen LogP contribution in [0.5, 0.6) is 0 Å². The number of imide groups is 1. The van der Waals surface area contributed by atoms with E-state index in [2.05, 4.69) is 34.7 Å². The minimum atomic E-state index is -0.947. The highest BCUT2D eigenvalue weighted by Gasteiger charge is 2.69. The molecule has 0 saturated carbocycles. The van der Waals surface area contributed by atoms with Crippen LogP contribution in [0.4, 0.5) is 5.69 Å². The smallest absolute Gasteiger partial charge is 0.239 e. The van der Waals surface area contributed by atoms with Gasteiger partial charge in [-0.15, -0.1) is 0 Å². The van der Waals surface area contributed by atoms with Crippen LogP contribution in [0.2, 0.25) is 0 Å². The summed E-state index contributed by atoms with van der Waals surface area (Å²) in [5.41, 5.74) is 3.69. The van der Waals surface area contributed by atoms with Crippen LogP contribution in [-0.2, 0) is 15.0 Å². The number of aliphatic hydroxyl groups excluding tert-OH is 1. The molecule has 3 aromatic carbocycles. The van der Waals surface area contributed by atoms with Gasteiger partial charge < -0.3 is 5.11 Å². The van der Waals surface area contributed by atoms with Gasteiger partial charge >= 0.3 is 0 Å². The Bertz CT molecular complexity index is 1200. The molecule has 4 aliphatic rings. The number of carbonyl (C=O) groups excluding carboxylic acids is 2. The molecule has 0 unspecified atom stereocenters. The first-order chi connectivity index (χ1) is 15.0. The Hall–Kier alpha value is -2.51. The van der Waals surface area contributed by atoms with Gasteiger partial charge in [0.2, 0.25) is 11.8 Å². The number of amides is 2. The molecule has 0 aromatic heterocycles. The zero-order chi connectivity index (χ0) is 21.5. The summed E-state index contributed by atoms with van der Waals surface area (Å²) in [6, 6.07) is 23.5. The highest BCUT2D eigenvalue weighted by Crippen LogP contribution is 2.65. The number of benzene rings is 3. The summed E-state index contributed by atoms with van der Waals surface area (Å²) < 4.78 is 1.04. The van der Waals surface area contributed by atoms with Crippen LogP contribution < -0.4 is 4.90 Å². The molecular formula is C26H20INO3. The number of aliphatic hydroxyl groups is 1. The second-order valence-electron chi connectivity index (χ2n) is 8.69. The molecule has 2 bridgehead atoms. The monoisotopic (exact) mass is 521 g/mol. The largest absolute Gasteiger partial charge is 0.392 e. The highest BCUT2D eigenvalue weighted by atomic mass is 127. The van der Waals surface area contributed by atoms with E-state index in [9.17, 15) is 14.7 Å². The molecule has 2 amide bonds. The predicted molar refractivity (Wildman–Crippen MR) is 126 cm³/mol. The maximum atomic E-state index is 13.9. The van der Waals surface area contributed by atoms with E-state index in [0.29, 0.717) is 5.69 Å². The normalized spacial score (nSPS) is 28.9. The van der Waals surface area contributed by atoms with E-state index in [1.165, 1.54) is 4.90 Å². The van der Waals surface area contributed by atoms with Crippen molar-refractivity contribution in [1.29, 1.82) is 0 Å². The van der Waals surface area contributed by atoms with Crippen molar-refractivity contribution in [3.63, 3.8) is 0 Å². The fourth-order valence-electron chi connectivity index (χ4n) is 6.38. The third kappa shape index (κ3) is 2.23. The van der Waals surface area contributed by atoms with E-state index in [1.54, 1.807) is 6.92 Å². The summed E-state index contributed by atoms with van der Waals surface area (Å²) in [4.78, 5) is 29.1. The van der Waals surface area contributed by atoms with Gasteiger partial charge in [-0.25, -0.2) is 4.90 Å². The number of anilines is 1. The number of hydrogen-bond acceptors (Lipinski definition) is 3. The average Bonchev–Trinajstić information content (AvgIpc) is 3.05. The maximum absolute atomic E-state index is 13.9. The molecule has 1 heterocycles. The van der Waals surface area contributed by atoms with Gasteiger partial charge in [0, 0.05) is 9.49 Å². The molecule has 1 aliphatic heterocycles. The molecule has 3 aliphatic carbocycles. The summed E-state index contributed by atoms with van der Waals surface area (Å²) >= 11 is 2.21. The van der Waals surface area contributed by atoms with Crippen molar-refractivity contribution in [2.45, 2.75) is 24.4 Å². The van der Waals surface area contributed by atoms with Crippen molar-refractivity contribution in [3.8, 4) is 0 Å². The number of carbonyl (C=O) groups is 2. The van der Waals surface area contributed by atoms with Gasteiger partial charge in [0.15, 0.2) is 0 Å². The van der Waals surface area contributed by atoms with Crippen LogP contribution >= 0.6 is 22.6 Å². The molecule has 4 nitrogen and oxygen atoms in total. The van der Waals surface area contributed by atoms with E-state index in [0.717, 1.165) is 25.8 Å². The molecule has 0 radical (unpaired) electrons. The summed E-state index contributed by atoms with van der Waals surface area (Å²) in [5.74, 6) is -1.73. The van der Waals surface area contributed by atoms with Crippen molar-refractivity contribution in [3.05, 3.63) is 98.6 Å². The van der Waals surface area contributed by atoms with E-state index in [-0.39, 0.29) is 17.7 Å². The minimum Gasteiger partial charge on any atom is -0.392 e. The van der Waals surface area contributed by atoms with E-state index < -0.39 is 23.4 Å². The lowest BCUT2D eigenvalue weighted by molar-refractivity contribution is -0.126. The lowest BCUT2D eigenvalue weighted by Crippen LogP contribution is -2.58. The van der Waals surface area contributed by atoms with Crippen LogP contribution in [0, 0.1) is 15.4 Å². The lowest BCUT2D eigenvalue weighted by atomic mass is 9.46. The summed E-state index contributed by atoms with van der Waals surface area (Å²) in [6.07, 6.45) is -0.836. The number of halogens is 1. The molecular weight excluding hydrogens is 501 g/mol. The number of rotatable bonds is 2. The van der Waals surface area contributed by atoms with Crippen molar-refractivity contribution >= 4 is 40.1 Å². The van der Waals surface area contributed by atoms with Crippen molar-refractivity contribution < 1.29 is 14.7 Å². The van der Waals surface area contributed by atoms with Gasteiger partial charge in [-0.2, -0.15) is 0 Å². The molecule has 154 valence electrons. The molecule has 31 heavy (non-hydrogen) atoms. The topological polar surface area (TPSA) is 57.6 Å². The number of hydrogen-bond donors (Lipinski definition) is 1. The fourth-order valence-corrected chi connectivity index (χ4v) is 6.74. The molecule has 1 N–H and O–H groups in total. The van der Waals surface area contributed by atoms with E-state index in [4.69, 9.17) is 0 Å². The first-order valence-corrected chi connectivity index (χ1v) is 11.6. The Morgan fingerprint density at radius 3 is 1.97 bits per heavy atom. The van der Waals surface area contributed by atoms with Gasteiger partial charge in [0.25, 0.3) is 0 Å². The molecule has 1 saturated heterocycles. The first kappa shape index (κ1) is 19.2. The van der Waals surface area contributed by atoms with Gasteiger partial charge in [0.1, 0.15) is 0 Å². The Balaban J connectivity index is 1.66. The molecule has 3 aromatic rings. The van der Waals surface area contributed by atoms with Crippen LogP contribution in [0.3, 0.4) is 0 Å². The molecule has 5 heteroatoms. The molecule has 7 rings (SSSR count). The van der Waals surface area contributed by atoms with Gasteiger partial charge in [0.05, 0.1) is 29.0 Å². The lowest BCUT2D eigenvalue weighted by Gasteiger charge is -2.55. The molecule has 1 fully saturated rings. The van der Waals surface area contributed by atoms with Crippen LogP contribution in [0.15, 0.2) is 72.8 Å². The van der Waals surface area contributed by atoms with E-state index in [1.807, 2.05) is 60.7 Å². The summed E-state index contributed by atoms with van der Waals surface area (Å²) in [6.45, 7) is 1.75. The summed E-state index contributed by atoms with van der Waals surface area (Å²) in [5, 5.41) is 11.3. The fraction of sp³-hybridized carbons (Fsp3) is 0.231. The van der Waals surface area contributed by atoms with Gasteiger partial charge in [-0.3, -0.25) is 9.59 Å². The van der Waals surface area contributed by atoms with Crippen LogP contribution in [0.25, 0.3) is 0 Å². The number of nitrogens with zero attached hydrogens (tertiary/aromatic N) is 1. The molecule has 0 spiro atoms. The van der Waals surface area contributed by atoms with Gasteiger partial charge in [-0.1, -0.05) is 48.5 Å². The Kier molecular flexibility index (Phi) is 4.02. The standard InChI is InChI=1S/C26H20INO3/c1-14(29)26-19-8-4-2-6-17(19)21(18-7-3-5-9-20(18)26)22-23(26)25(31)28(24(22)30)16-12-10-15(27)11-13-16/h2-14,21-23,29H,1H3/t14-,21?,22-,23-,26?/m0/s1. The average molecular weight is 521 g/mol. The zero-order valence-corrected chi connectivity index (χ0v) is 19.0. The molecule has 3 atom stereocenters. The van der Waals surface area contributed by atoms with Crippen LogP contribution in [-0.4, -0.2) is 23.0 Å². The SMILES string of the molecule is C[C@H](O)C12c3ccccc3C(c3ccccc31)[C@@H]1C(=O)N(c3ccc(I)cc3)C(=O)[C@H]12. The third-order valence-electron chi connectivity index (χ3n) is 7.43. The second-order valence-corrected chi connectivity index (χ2v) is 9.93. The second kappa shape index (κ2) is 6.50. The zero-order valence-electron chi connectivity index (χ0n) is 16.8. The first-order valence-electron chi connectivity index (χ1n) is 10.5. The predicted octanol–water partition coefficient (Wildman–Crippen LogP) is 4.22.